The van der Waals surface area contributed by atoms with Crippen LogP contribution in [0.5, 0.6) is 11.5 Å². The monoisotopic (exact) mass is 509 g/mol. The van der Waals surface area contributed by atoms with E-state index in [9.17, 15) is 22.8 Å². The van der Waals surface area contributed by atoms with Gasteiger partial charge in [-0.15, -0.1) is 0 Å². The maximum Gasteiger partial charge on any atom is 0.471 e. The van der Waals surface area contributed by atoms with Gasteiger partial charge < -0.3 is 18.6 Å². The van der Waals surface area contributed by atoms with Crippen LogP contribution >= 0.6 is 0 Å². The fraction of sp³-hybridized carbons (Fsp3) is 0.600. The predicted molar refractivity (Wildman–Crippen MR) is 126 cm³/mol. The zero-order chi connectivity index (χ0) is 25.1. The Bertz CT molecular complexity index is 828. The first kappa shape index (κ1) is 28.2. The summed E-state index contributed by atoms with van der Waals surface area (Å²) < 4.78 is 56.1. The van der Waals surface area contributed by atoms with Gasteiger partial charge in [-0.2, -0.15) is 13.2 Å². The fourth-order valence-corrected chi connectivity index (χ4v) is 4.94. The Morgan fingerprint density at radius 1 is 0.875 bits per heavy atom. The van der Waals surface area contributed by atoms with E-state index in [-0.39, 0.29) is 6.42 Å². The van der Waals surface area contributed by atoms with Gasteiger partial charge >= 0.3 is 18.1 Å². The number of carbonyl (C=O) groups excluding carboxylic acids is 2. The Kier molecular flexibility index (Phi) is 8.82. The summed E-state index contributed by atoms with van der Waals surface area (Å²) in [5.74, 6) is -2.05. The molecule has 0 spiro atoms. The van der Waals surface area contributed by atoms with Gasteiger partial charge in [0.05, 0.1) is 0 Å². The molecule has 0 saturated carbocycles. The standard InChI is InChI=1S/C20H34F3NO5Si3/c1-30(2,3)27-16-11-10-14(13-17(16)28-31(4,5)6)12-15(18(25)29-32(7,8)9)24-19(26)20(21,22)23/h10-11,13,15H,12H2,1-9H3,(H,24,26)/t15-/m0/s1. The molecule has 1 rings (SSSR count). The number of nitrogens with one attached hydrogen (secondary N) is 1. The molecule has 1 aromatic rings. The molecule has 0 aliphatic carbocycles. The van der Waals surface area contributed by atoms with Crippen molar-refractivity contribution in [2.45, 2.75) is 77.6 Å². The fourth-order valence-electron chi connectivity index (χ4n) is 2.55. The molecule has 0 fully saturated rings. The van der Waals surface area contributed by atoms with Gasteiger partial charge in [0.2, 0.25) is 25.0 Å². The van der Waals surface area contributed by atoms with Crippen molar-refractivity contribution < 1.29 is 36.0 Å². The maximum atomic E-state index is 12.8. The third kappa shape index (κ3) is 10.7. The summed E-state index contributed by atoms with van der Waals surface area (Å²) >= 11 is 0. The molecule has 0 aliphatic heterocycles. The van der Waals surface area contributed by atoms with Crippen LogP contribution in [-0.2, 0) is 20.4 Å². The molecular weight excluding hydrogens is 475 g/mol. The maximum absolute atomic E-state index is 12.8. The molecule has 0 aromatic heterocycles. The number of benzene rings is 1. The van der Waals surface area contributed by atoms with E-state index in [0.29, 0.717) is 17.1 Å². The van der Waals surface area contributed by atoms with Crippen LogP contribution in [0.2, 0.25) is 58.9 Å². The van der Waals surface area contributed by atoms with Gasteiger partial charge in [0.15, 0.2) is 0 Å². The lowest BCUT2D eigenvalue weighted by atomic mass is 10.1. The zero-order valence-corrected chi connectivity index (χ0v) is 23.2. The van der Waals surface area contributed by atoms with Crippen LogP contribution in [0.3, 0.4) is 0 Å². The lowest BCUT2D eigenvalue weighted by Gasteiger charge is -2.27. The minimum absolute atomic E-state index is 0.180. The quantitative estimate of drug-likeness (QED) is 0.470. The minimum atomic E-state index is -5.11. The molecule has 32 heavy (non-hydrogen) atoms. The lowest BCUT2D eigenvalue weighted by Crippen LogP contribution is -2.50. The molecule has 1 N–H and O–H groups in total. The molecule has 0 radical (unpaired) electrons. The molecule has 1 atom stereocenters. The Hall–Kier alpha value is -1.80. The van der Waals surface area contributed by atoms with Crippen LogP contribution in [0.15, 0.2) is 18.2 Å². The number of hydrogen-bond donors (Lipinski definition) is 1. The average molecular weight is 510 g/mol. The second-order valence-corrected chi connectivity index (χ2v) is 23.8. The predicted octanol–water partition coefficient (Wildman–Crippen LogP) is 5.08. The molecule has 0 bridgehead atoms. The average Bonchev–Trinajstić information content (AvgIpc) is 2.51. The Morgan fingerprint density at radius 3 is 1.81 bits per heavy atom. The van der Waals surface area contributed by atoms with Gasteiger partial charge in [0.1, 0.15) is 17.5 Å². The highest BCUT2D eigenvalue weighted by atomic mass is 28.4. The zero-order valence-electron chi connectivity index (χ0n) is 20.2. The highest BCUT2D eigenvalue weighted by Crippen LogP contribution is 2.33. The molecule has 1 amide bonds. The summed E-state index contributed by atoms with van der Waals surface area (Å²) in [6, 6.07) is 3.51. The summed E-state index contributed by atoms with van der Waals surface area (Å²) in [5.41, 5.74) is 0.515. The first-order valence-electron chi connectivity index (χ1n) is 10.3. The van der Waals surface area contributed by atoms with Crippen LogP contribution in [0.25, 0.3) is 0 Å². The summed E-state index contributed by atoms with van der Waals surface area (Å²) in [7, 11) is -6.39. The van der Waals surface area contributed by atoms with Crippen molar-refractivity contribution in [2.24, 2.45) is 0 Å². The van der Waals surface area contributed by atoms with Gasteiger partial charge in [-0.3, -0.25) is 9.59 Å². The van der Waals surface area contributed by atoms with Crippen molar-refractivity contribution in [1.82, 2.24) is 5.32 Å². The van der Waals surface area contributed by atoms with Crippen molar-refractivity contribution in [3.05, 3.63) is 23.8 Å². The van der Waals surface area contributed by atoms with Crippen molar-refractivity contribution in [3.63, 3.8) is 0 Å². The van der Waals surface area contributed by atoms with Crippen LogP contribution in [-0.4, -0.2) is 49.0 Å². The molecule has 1 aromatic carbocycles. The number of halogens is 3. The van der Waals surface area contributed by atoms with Gasteiger partial charge in [-0.05, 0) is 76.6 Å². The van der Waals surface area contributed by atoms with Crippen molar-refractivity contribution in [3.8, 4) is 11.5 Å². The number of hydrogen-bond acceptors (Lipinski definition) is 5. The van der Waals surface area contributed by atoms with Crippen LogP contribution < -0.4 is 14.2 Å². The molecule has 182 valence electrons. The first-order valence-corrected chi connectivity index (χ1v) is 20.5. The number of amides is 1. The van der Waals surface area contributed by atoms with Crippen LogP contribution in [0.4, 0.5) is 13.2 Å². The van der Waals surface area contributed by atoms with Gasteiger partial charge in [0, 0.05) is 6.42 Å². The summed E-state index contributed by atoms with van der Waals surface area (Å²) in [5, 5.41) is 1.78. The van der Waals surface area contributed by atoms with Crippen molar-refractivity contribution >= 4 is 36.8 Å². The molecule has 0 saturated heterocycles. The molecule has 12 heteroatoms. The Labute approximate surface area is 191 Å². The van der Waals surface area contributed by atoms with E-state index in [4.69, 9.17) is 13.3 Å². The Balaban J connectivity index is 3.30. The highest BCUT2D eigenvalue weighted by molar-refractivity contribution is 6.71. The first-order chi connectivity index (χ1) is 14.2. The third-order valence-electron chi connectivity index (χ3n) is 3.53. The summed E-state index contributed by atoms with van der Waals surface area (Å²) in [4.78, 5) is 24.1. The normalized spacial score (nSPS) is 13.9. The largest absolute Gasteiger partial charge is 0.542 e. The van der Waals surface area contributed by atoms with E-state index in [1.165, 1.54) is 0 Å². The smallest absolute Gasteiger partial charge is 0.471 e. The highest BCUT2D eigenvalue weighted by Gasteiger charge is 2.41. The molecule has 0 heterocycles. The van der Waals surface area contributed by atoms with E-state index in [2.05, 4.69) is 0 Å². The SMILES string of the molecule is C[Si](C)(C)OC(=O)[C@H](Cc1ccc(O[Si](C)(C)C)c(O[Si](C)(C)C)c1)NC(=O)C(F)(F)F. The summed E-state index contributed by atoms with van der Waals surface area (Å²) in [6.07, 6.45) is -5.29. The second kappa shape index (κ2) is 10.00. The topological polar surface area (TPSA) is 73.9 Å². The van der Waals surface area contributed by atoms with Crippen LogP contribution in [0.1, 0.15) is 5.56 Å². The number of rotatable bonds is 9. The summed E-state index contributed by atoms with van der Waals surface area (Å²) in [6.45, 7) is 17.2. The van der Waals surface area contributed by atoms with E-state index < -0.39 is 49.0 Å². The van der Waals surface area contributed by atoms with E-state index >= 15 is 0 Å². The minimum Gasteiger partial charge on any atom is -0.542 e. The molecule has 0 aliphatic rings. The van der Waals surface area contributed by atoms with Gasteiger partial charge in [0.25, 0.3) is 0 Å². The van der Waals surface area contributed by atoms with E-state index in [0.717, 1.165) is 0 Å². The van der Waals surface area contributed by atoms with Crippen molar-refractivity contribution in [1.29, 1.82) is 0 Å². The Morgan fingerprint density at radius 2 is 1.38 bits per heavy atom. The third-order valence-corrected chi connectivity index (χ3v) is 6.01. The number of alkyl halides is 3. The molecule has 0 unspecified atom stereocenters. The molecular formula is C20H34F3NO5Si3. The van der Waals surface area contributed by atoms with Crippen LogP contribution in [0, 0.1) is 0 Å². The lowest BCUT2D eigenvalue weighted by molar-refractivity contribution is -0.175. The second-order valence-electron chi connectivity index (χ2n) is 10.5. The van der Waals surface area contributed by atoms with E-state index in [1.54, 1.807) is 43.2 Å². The van der Waals surface area contributed by atoms with E-state index in [1.807, 2.05) is 39.3 Å². The van der Waals surface area contributed by atoms with Gasteiger partial charge in [-0.25, -0.2) is 0 Å². The number of carbonyl (C=O) groups is 2. The van der Waals surface area contributed by atoms with Crippen molar-refractivity contribution in [2.75, 3.05) is 0 Å². The molecule has 6 nitrogen and oxygen atoms in total. The van der Waals surface area contributed by atoms with Gasteiger partial charge in [-0.1, -0.05) is 6.07 Å².